The molecule has 0 saturated carbocycles. The van der Waals surface area contributed by atoms with Crippen LogP contribution in [-0.4, -0.2) is 20.2 Å². The van der Waals surface area contributed by atoms with E-state index in [2.05, 4.69) is 24.7 Å². The van der Waals surface area contributed by atoms with Crippen LogP contribution in [0.3, 0.4) is 0 Å². The Morgan fingerprint density at radius 1 is 1.32 bits per heavy atom. The third-order valence-corrected chi connectivity index (χ3v) is 3.19. The van der Waals surface area contributed by atoms with Crippen molar-refractivity contribution < 1.29 is 14.3 Å². The maximum Gasteiger partial charge on any atom is 0.305 e. The molecule has 0 aliphatic carbocycles. The summed E-state index contributed by atoms with van der Waals surface area (Å²) in [5.74, 6) is 1.01. The van der Waals surface area contributed by atoms with Crippen molar-refractivity contribution in [1.82, 2.24) is 0 Å². The molecule has 0 heterocycles. The molecular formula is C15H23NO3. The Balaban J connectivity index is 2.83. The molecular weight excluding hydrogens is 242 g/mol. The average Bonchev–Trinajstić information content (AvgIpc) is 2.43. The lowest BCUT2D eigenvalue weighted by Gasteiger charge is -2.17. The van der Waals surface area contributed by atoms with Crippen LogP contribution in [0, 0.1) is 0 Å². The van der Waals surface area contributed by atoms with Gasteiger partial charge in [0, 0.05) is 12.5 Å². The number of rotatable bonds is 6. The van der Waals surface area contributed by atoms with E-state index in [9.17, 15) is 4.79 Å². The second-order valence-electron chi connectivity index (χ2n) is 4.88. The number of carbonyl (C=O) groups excluding carboxylic acids is 1. The zero-order chi connectivity index (χ0) is 14.4. The molecule has 0 aliphatic rings. The Morgan fingerprint density at radius 2 is 2.00 bits per heavy atom. The normalized spacial score (nSPS) is 12.3. The highest BCUT2D eigenvalue weighted by Crippen LogP contribution is 2.29. The van der Waals surface area contributed by atoms with Crippen LogP contribution in [0.15, 0.2) is 18.2 Å². The fourth-order valence-electron chi connectivity index (χ4n) is 1.98. The summed E-state index contributed by atoms with van der Waals surface area (Å²) in [6.07, 6.45) is 0.914. The summed E-state index contributed by atoms with van der Waals surface area (Å²) in [4.78, 5) is 11.1. The van der Waals surface area contributed by atoms with Crippen LogP contribution in [0.4, 0.5) is 0 Å². The van der Waals surface area contributed by atoms with E-state index in [1.165, 1.54) is 7.11 Å². The lowest BCUT2D eigenvalue weighted by atomic mass is 9.95. The molecule has 0 fully saturated rings. The van der Waals surface area contributed by atoms with E-state index in [0.29, 0.717) is 18.8 Å². The van der Waals surface area contributed by atoms with Gasteiger partial charge >= 0.3 is 5.97 Å². The number of benzene rings is 1. The van der Waals surface area contributed by atoms with Crippen LogP contribution in [0.5, 0.6) is 5.75 Å². The Kier molecular flexibility index (Phi) is 5.83. The van der Waals surface area contributed by atoms with Gasteiger partial charge in [-0.25, -0.2) is 0 Å². The number of nitrogens with two attached hydrogens (primary N) is 1. The number of methoxy groups -OCH3 is 2. The van der Waals surface area contributed by atoms with Gasteiger partial charge in [-0.1, -0.05) is 26.0 Å². The van der Waals surface area contributed by atoms with Crippen molar-refractivity contribution in [2.24, 2.45) is 5.73 Å². The van der Waals surface area contributed by atoms with Crippen LogP contribution < -0.4 is 10.5 Å². The largest absolute Gasteiger partial charge is 0.496 e. The quantitative estimate of drug-likeness (QED) is 0.803. The van der Waals surface area contributed by atoms with Gasteiger partial charge in [-0.3, -0.25) is 4.79 Å². The highest BCUT2D eigenvalue weighted by Gasteiger charge is 2.13. The highest BCUT2D eigenvalue weighted by molar-refractivity contribution is 5.69. The average molecular weight is 265 g/mol. The van der Waals surface area contributed by atoms with Crippen LogP contribution in [0.2, 0.25) is 0 Å². The smallest absolute Gasteiger partial charge is 0.305 e. The molecule has 4 heteroatoms. The lowest BCUT2D eigenvalue weighted by molar-refractivity contribution is -0.140. The van der Waals surface area contributed by atoms with Gasteiger partial charge in [-0.15, -0.1) is 0 Å². The minimum absolute atomic E-state index is 0.164. The van der Waals surface area contributed by atoms with Crippen molar-refractivity contribution in [2.75, 3.05) is 14.2 Å². The van der Waals surface area contributed by atoms with E-state index >= 15 is 0 Å². The third kappa shape index (κ3) is 4.24. The molecule has 1 aromatic carbocycles. The van der Waals surface area contributed by atoms with Gasteiger partial charge in [0.15, 0.2) is 0 Å². The minimum Gasteiger partial charge on any atom is -0.496 e. The molecule has 1 atom stereocenters. The van der Waals surface area contributed by atoms with E-state index < -0.39 is 0 Å². The van der Waals surface area contributed by atoms with Crippen LogP contribution in [0.25, 0.3) is 0 Å². The van der Waals surface area contributed by atoms with E-state index in [1.807, 2.05) is 12.1 Å². The molecule has 0 bridgehead atoms. The Labute approximate surface area is 114 Å². The summed E-state index contributed by atoms with van der Waals surface area (Å²) in [5, 5.41) is 0. The zero-order valence-corrected chi connectivity index (χ0v) is 12.1. The number of esters is 1. The van der Waals surface area contributed by atoms with Crippen molar-refractivity contribution >= 4 is 5.97 Å². The topological polar surface area (TPSA) is 61.5 Å². The highest BCUT2D eigenvalue weighted by atomic mass is 16.5. The number of ether oxygens (including phenoxy) is 2. The fraction of sp³-hybridized carbons (Fsp3) is 0.533. The molecule has 0 radical (unpaired) electrons. The lowest BCUT2D eigenvalue weighted by Crippen LogP contribution is -2.13. The molecule has 0 amide bonds. The number of carbonyl (C=O) groups is 1. The predicted octanol–water partition coefficient (Wildman–Crippen LogP) is 2.77. The Morgan fingerprint density at radius 3 is 2.53 bits per heavy atom. The van der Waals surface area contributed by atoms with E-state index in [1.54, 1.807) is 7.11 Å². The second-order valence-corrected chi connectivity index (χ2v) is 4.88. The summed E-state index contributed by atoms with van der Waals surface area (Å²) in [6.45, 7) is 4.23. The molecule has 106 valence electrons. The molecule has 0 spiro atoms. The first-order valence-electron chi connectivity index (χ1n) is 6.49. The maximum absolute atomic E-state index is 11.1. The molecule has 1 rings (SSSR count). The zero-order valence-electron chi connectivity index (χ0n) is 12.1. The van der Waals surface area contributed by atoms with Crippen molar-refractivity contribution in [1.29, 1.82) is 0 Å². The number of hydrogen-bond donors (Lipinski definition) is 1. The number of hydrogen-bond acceptors (Lipinski definition) is 4. The molecule has 1 unspecified atom stereocenters. The monoisotopic (exact) mass is 265 g/mol. The summed E-state index contributed by atoms with van der Waals surface area (Å²) >= 11 is 0. The summed E-state index contributed by atoms with van der Waals surface area (Å²) < 4.78 is 9.96. The van der Waals surface area contributed by atoms with Gasteiger partial charge < -0.3 is 15.2 Å². The Bertz CT molecular complexity index is 429. The predicted molar refractivity (Wildman–Crippen MR) is 75.3 cm³/mol. The summed E-state index contributed by atoms with van der Waals surface area (Å²) in [7, 11) is 3.05. The molecule has 19 heavy (non-hydrogen) atoms. The molecule has 0 saturated heterocycles. The first kappa shape index (κ1) is 15.5. The minimum atomic E-state index is -0.229. The first-order valence-corrected chi connectivity index (χ1v) is 6.49. The molecule has 2 N–H and O–H groups in total. The van der Waals surface area contributed by atoms with Gasteiger partial charge in [-0.2, -0.15) is 0 Å². The Hall–Kier alpha value is -1.55. The van der Waals surface area contributed by atoms with E-state index in [0.717, 1.165) is 16.9 Å². The van der Waals surface area contributed by atoms with Crippen LogP contribution >= 0.6 is 0 Å². The van der Waals surface area contributed by atoms with Gasteiger partial charge in [0.1, 0.15) is 5.75 Å². The fourth-order valence-corrected chi connectivity index (χ4v) is 1.98. The second kappa shape index (κ2) is 7.14. The molecule has 4 nitrogen and oxygen atoms in total. The van der Waals surface area contributed by atoms with Gasteiger partial charge in [-0.05, 0) is 29.5 Å². The summed E-state index contributed by atoms with van der Waals surface area (Å²) in [6, 6.07) is 5.78. The third-order valence-electron chi connectivity index (χ3n) is 3.19. The van der Waals surface area contributed by atoms with Crippen LogP contribution in [0.1, 0.15) is 49.8 Å². The molecule has 0 aliphatic heterocycles. The molecule has 0 aromatic heterocycles. The standard InChI is InChI=1S/C15H23NO3/c1-10(2)12-9-11(5-7-14(12)18-3)13(16)6-8-15(17)19-4/h5,7,9-10,13H,6,8,16H2,1-4H3. The maximum atomic E-state index is 11.1. The first-order chi connectivity index (χ1) is 8.99. The van der Waals surface area contributed by atoms with Crippen molar-refractivity contribution in [3.8, 4) is 5.75 Å². The van der Waals surface area contributed by atoms with Crippen molar-refractivity contribution in [2.45, 2.75) is 38.6 Å². The molecule has 1 aromatic rings. The van der Waals surface area contributed by atoms with Gasteiger partial charge in [0.25, 0.3) is 0 Å². The van der Waals surface area contributed by atoms with Gasteiger partial charge in [0.05, 0.1) is 14.2 Å². The van der Waals surface area contributed by atoms with E-state index in [-0.39, 0.29) is 12.0 Å². The van der Waals surface area contributed by atoms with Crippen LogP contribution in [-0.2, 0) is 9.53 Å². The van der Waals surface area contributed by atoms with Gasteiger partial charge in [0.2, 0.25) is 0 Å². The van der Waals surface area contributed by atoms with E-state index in [4.69, 9.17) is 10.5 Å². The SMILES string of the molecule is COC(=O)CCC(N)c1ccc(OC)c(C(C)C)c1. The summed E-state index contributed by atoms with van der Waals surface area (Å²) in [5.41, 5.74) is 8.26. The van der Waals surface area contributed by atoms with Crippen molar-refractivity contribution in [3.63, 3.8) is 0 Å². The van der Waals surface area contributed by atoms with Crippen molar-refractivity contribution in [3.05, 3.63) is 29.3 Å².